The maximum atomic E-state index is 11.8. The Bertz CT molecular complexity index is 265. The fourth-order valence-electron chi connectivity index (χ4n) is 2.44. The van der Waals surface area contributed by atoms with Crippen LogP contribution in [0.1, 0.15) is 39.5 Å². The van der Waals surface area contributed by atoms with Crippen molar-refractivity contribution in [1.29, 1.82) is 0 Å². The van der Waals surface area contributed by atoms with Gasteiger partial charge < -0.3 is 15.8 Å². The highest BCUT2D eigenvalue weighted by molar-refractivity contribution is 5.76. The van der Waals surface area contributed by atoms with Crippen LogP contribution >= 0.6 is 0 Å². The van der Waals surface area contributed by atoms with E-state index in [9.17, 15) is 4.79 Å². The van der Waals surface area contributed by atoms with E-state index >= 15 is 0 Å². The Balaban J connectivity index is 2.37. The van der Waals surface area contributed by atoms with Crippen LogP contribution in [0.5, 0.6) is 0 Å². The van der Waals surface area contributed by atoms with E-state index in [1.54, 1.807) is 0 Å². The number of hydrogen-bond donors (Lipinski definition) is 2. The van der Waals surface area contributed by atoms with Crippen LogP contribution in [-0.2, 0) is 9.53 Å². The molecule has 1 rings (SSSR count). The summed E-state index contributed by atoms with van der Waals surface area (Å²) in [5.74, 6) is 0.0712. The molecule has 5 heteroatoms. The van der Waals surface area contributed by atoms with Gasteiger partial charge in [0.2, 0.25) is 5.91 Å². The van der Waals surface area contributed by atoms with E-state index in [0.717, 1.165) is 26.0 Å². The zero-order valence-electron chi connectivity index (χ0n) is 12.5. The Morgan fingerprint density at radius 1 is 1.47 bits per heavy atom. The van der Waals surface area contributed by atoms with Crippen LogP contribution in [0.15, 0.2) is 0 Å². The number of nitrogens with zero attached hydrogens (tertiary/aromatic N) is 1. The number of amides is 1. The van der Waals surface area contributed by atoms with Crippen molar-refractivity contribution in [2.45, 2.75) is 57.7 Å². The van der Waals surface area contributed by atoms with Crippen LogP contribution in [0.3, 0.4) is 0 Å². The SMILES string of the molecule is CC(C)NC(=O)CC(CN)N(C)CC1CCCCO1. The van der Waals surface area contributed by atoms with Gasteiger partial charge in [-0.25, -0.2) is 0 Å². The van der Waals surface area contributed by atoms with Crippen LogP contribution < -0.4 is 11.1 Å². The van der Waals surface area contributed by atoms with E-state index in [4.69, 9.17) is 10.5 Å². The number of nitrogens with two attached hydrogens (primary N) is 1. The summed E-state index contributed by atoms with van der Waals surface area (Å²) in [6, 6.07) is 0.266. The van der Waals surface area contributed by atoms with Crippen molar-refractivity contribution in [1.82, 2.24) is 10.2 Å². The minimum Gasteiger partial charge on any atom is -0.377 e. The lowest BCUT2D eigenvalue weighted by Crippen LogP contribution is -2.46. The lowest BCUT2D eigenvalue weighted by molar-refractivity contribution is -0.122. The molecular weight excluding hydrogens is 242 g/mol. The monoisotopic (exact) mass is 271 g/mol. The van der Waals surface area contributed by atoms with Crippen LogP contribution in [-0.4, -0.2) is 55.7 Å². The molecule has 0 aromatic heterocycles. The zero-order chi connectivity index (χ0) is 14.3. The maximum Gasteiger partial charge on any atom is 0.221 e. The van der Waals surface area contributed by atoms with Crippen molar-refractivity contribution in [2.24, 2.45) is 5.73 Å². The van der Waals surface area contributed by atoms with E-state index in [1.165, 1.54) is 6.42 Å². The average molecular weight is 271 g/mol. The standard InChI is InChI=1S/C14H29N3O2/c1-11(2)16-14(18)8-12(9-15)17(3)10-13-6-4-5-7-19-13/h11-13H,4-10,15H2,1-3H3,(H,16,18). The Morgan fingerprint density at radius 2 is 2.21 bits per heavy atom. The van der Waals surface area contributed by atoms with Crippen molar-refractivity contribution in [3.63, 3.8) is 0 Å². The summed E-state index contributed by atoms with van der Waals surface area (Å²) < 4.78 is 5.73. The van der Waals surface area contributed by atoms with Gasteiger partial charge >= 0.3 is 0 Å². The normalized spacial score (nSPS) is 21.7. The van der Waals surface area contributed by atoms with Gasteiger partial charge in [0.05, 0.1) is 6.10 Å². The first-order valence-electron chi connectivity index (χ1n) is 7.34. The van der Waals surface area contributed by atoms with Crippen LogP contribution in [0.25, 0.3) is 0 Å². The Labute approximate surface area is 116 Å². The van der Waals surface area contributed by atoms with Crippen molar-refractivity contribution in [3.8, 4) is 0 Å². The van der Waals surface area contributed by atoms with Gasteiger partial charge in [-0.15, -0.1) is 0 Å². The van der Waals surface area contributed by atoms with Crippen molar-refractivity contribution in [2.75, 3.05) is 26.7 Å². The quantitative estimate of drug-likeness (QED) is 0.716. The molecule has 0 aliphatic carbocycles. The summed E-state index contributed by atoms with van der Waals surface area (Å²) >= 11 is 0. The number of rotatable bonds is 7. The molecule has 0 saturated carbocycles. The maximum absolute atomic E-state index is 11.8. The van der Waals surface area contributed by atoms with Crippen molar-refractivity contribution >= 4 is 5.91 Å². The smallest absolute Gasteiger partial charge is 0.221 e. The summed E-state index contributed by atoms with van der Waals surface area (Å²) in [7, 11) is 2.03. The molecule has 1 heterocycles. The third kappa shape index (κ3) is 6.36. The molecule has 0 aromatic carbocycles. The molecule has 2 unspecified atom stereocenters. The predicted octanol–water partition coefficient (Wildman–Crippen LogP) is 0.729. The van der Waals surface area contributed by atoms with Crippen LogP contribution in [0.4, 0.5) is 0 Å². The third-order valence-electron chi connectivity index (χ3n) is 3.53. The third-order valence-corrected chi connectivity index (χ3v) is 3.53. The minimum absolute atomic E-state index is 0.0712. The lowest BCUT2D eigenvalue weighted by Gasteiger charge is -2.32. The summed E-state index contributed by atoms with van der Waals surface area (Å²) in [4.78, 5) is 14.0. The van der Waals surface area contributed by atoms with E-state index in [2.05, 4.69) is 10.2 Å². The van der Waals surface area contributed by atoms with Gasteiger partial charge in [0.25, 0.3) is 0 Å². The fourth-order valence-corrected chi connectivity index (χ4v) is 2.44. The number of carbonyl (C=O) groups excluding carboxylic acids is 1. The molecular formula is C14H29N3O2. The minimum atomic E-state index is 0.0712. The number of ether oxygens (including phenoxy) is 1. The molecule has 1 amide bonds. The van der Waals surface area contributed by atoms with Gasteiger partial charge in [-0.2, -0.15) is 0 Å². The predicted molar refractivity (Wildman–Crippen MR) is 77.0 cm³/mol. The van der Waals surface area contributed by atoms with Gasteiger partial charge in [0, 0.05) is 38.2 Å². The molecule has 1 aliphatic heterocycles. The van der Waals surface area contributed by atoms with E-state index in [-0.39, 0.29) is 18.0 Å². The van der Waals surface area contributed by atoms with E-state index < -0.39 is 0 Å². The van der Waals surface area contributed by atoms with Crippen molar-refractivity contribution < 1.29 is 9.53 Å². The van der Waals surface area contributed by atoms with Gasteiger partial charge in [-0.05, 0) is 40.2 Å². The molecule has 112 valence electrons. The molecule has 5 nitrogen and oxygen atoms in total. The van der Waals surface area contributed by atoms with Crippen molar-refractivity contribution in [3.05, 3.63) is 0 Å². The Morgan fingerprint density at radius 3 is 2.74 bits per heavy atom. The Kier molecular flexibility index (Phi) is 7.34. The second kappa shape index (κ2) is 8.51. The highest BCUT2D eigenvalue weighted by Gasteiger charge is 2.22. The molecule has 0 bridgehead atoms. The Hall–Kier alpha value is -0.650. The number of nitrogens with one attached hydrogen (secondary N) is 1. The molecule has 0 spiro atoms. The topological polar surface area (TPSA) is 67.6 Å². The second-order valence-electron chi connectivity index (χ2n) is 5.74. The van der Waals surface area contributed by atoms with Crippen LogP contribution in [0, 0.1) is 0 Å². The molecule has 19 heavy (non-hydrogen) atoms. The number of carbonyl (C=O) groups is 1. The second-order valence-corrected chi connectivity index (χ2v) is 5.74. The first-order chi connectivity index (χ1) is 9.02. The zero-order valence-corrected chi connectivity index (χ0v) is 12.5. The molecule has 2 atom stereocenters. The van der Waals surface area contributed by atoms with Gasteiger partial charge in [-0.1, -0.05) is 0 Å². The largest absolute Gasteiger partial charge is 0.377 e. The summed E-state index contributed by atoms with van der Waals surface area (Å²) in [5.41, 5.74) is 5.80. The molecule has 3 N–H and O–H groups in total. The summed E-state index contributed by atoms with van der Waals surface area (Å²) in [5, 5.41) is 2.91. The first kappa shape index (κ1) is 16.4. The van der Waals surface area contributed by atoms with Crippen LogP contribution in [0.2, 0.25) is 0 Å². The highest BCUT2D eigenvalue weighted by Crippen LogP contribution is 2.14. The summed E-state index contributed by atoms with van der Waals surface area (Å²) in [6.45, 7) is 6.15. The number of likely N-dealkylation sites (N-methyl/N-ethyl adjacent to an activating group) is 1. The first-order valence-corrected chi connectivity index (χ1v) is 7.34. The fraction of sp³-hybridized carbons (Fsp3) is 0.929. The highest BCUT2D eigenvalue weighted by atomic mass is 16.5. The molecule has 0 radical (unpaired) electrons. The lowest BCUT2D eigenvalue weighted by atomic mass is 10.1. The van der Waals surface area contributed by atoms with Gasteiger partial charge in [-0.3, -0.25) is 9.69 Å². The molecule has 1 aliphatic rings. The summed E-state index contributed by atoms with van der Waals surface area (Å²) in [6.07, 6.45) is 4.26. The van der Waals surface area contributed by atoms with E-state index in [0.29, 0.717) is 19.1 Å². The van der Waals surface area contributed by atoms with Gasteiger partial charge in [0.1, 0.15) is 0 Å². The average Bonchev–Trinajstić information content (AvgIpc) is 2.36. The molecule has 1 fully saturated rings. The van der Waals surface area contributed by atoms with Gasteiger partial charge in [0.15, 0.2) is 0 Å². The van der Waals surface area contributed by atoms with E-state index in [1.807, 2.05) is 20.9 Å². The molecule has 0 aromatic rings. The molecule has 1 saturated heterocycles. The number of hydrogen-bond acceptors (Lipinski definition) is 4.